The molecule has 1 aliphatic rings. The fraction of sp³-hybridized carbons (Fsp3) is 0.250. The van der Waals surface area contributed by atoms with Crippen LogP contribution in [-0.2, 0) is 0 Å². The fourth-order valence-corrected chi connectivity index (χ4v) is 2.00. The van der Waals surface area contributed by atoms with Crippen LogP contribution in [0.2, 0.25) is 0 Å². The SMILES string of the molecule is c1ccc(N2CCCC2)cc1.c1ccccc1. The zero-order valence-corrected chi connectivity index (χ0v) is 10.1. The molecule has 2 aromatic carbocycles. The van der Waals surface area contributed by atoms with Gasteiger partial charge in [0.2, 0.25) is 0 Å². The van der Waals surface area contributed by atoms with E-state index in [0.717, 1.165) is 0 Å². The molecule has 1 heterocycles. The van der Waals surface area contributed by atoms with E-state index in [1.165, 1.54) is 31.6 Å². The van der Waals surface area contributed by atoms with Crippen molar-refractivity contribution in [1.82, 2.24) is 0 Å². The van der Waals surface area contributed by atoms with Crippen LogP contribution in [0.4, 0.5) is 5.69 Å². The van der Waals surface area contributed by atoms with Gasteiger partial charge < -0.3 is 4.90 Å². The summed E-state index contributed by atoms with van der Waals surface area (Å²) in [6.45, 7) is 2.48. The van der Waals surface area contributed by atoms with Crippen molar-refractivity contribution >= 4 is 5.69 Å². The van der Waals surface area contributed by atoms with Crippen LogP contribution in [0.25, 0.3) is 0 Å². The molecule has 1 fully saturated rings. The van der Waals surface area contributed by atoms with E-state index in [1.807, 2.05) is 36.4 Å². The van der Waals surface area contributed by atoms with Crippen LogP contribution < -0.4 is 4.90 Å². The van der Waals surface area contributed by atoms with Crippen molar-refractivity contribution < 1.29 is 0 Å². The minimum Gasteiger partial charge on any atom is -0.372 e. The third kappa shape index (κ3) is 3.95. The maximum Gasteiger partial charge on any atom is 0.0366 e. The highest BCUT2D eigenvalue weighted by Crippen LogP contribution is 2.18. The number of benzene rings is 2. The highest BCUT2D eigenvalue weighted by atomic mass is 15.1. The molecule has 1 saturated heterocycles. The van der Waals surface area contributed by atoms with Crippen LogP contribution in [0.3, 0.4) is 0 Å². The van der Waals surface area contributed by atoms with Crippen LogP contribution in [0.15, 0.2) is 66.7 Å². The van der Waals surface area contributed by atoms with Gasteiger partial charge in [-0.25, -0.2) is 0 Å². The van der Waals surface area contributed by atoms with Crippen LogP contribution in [0.5, 0.6) is 0 Å². The number of para-hydroxylation sites is 1. The van der Waals surface area contributed by atoms with E-state index in [9.17, 15) is 0 Å². The van der Waals surface area contributed by atoms with Crippen molar-refractivity contribution in [3.63, 3.8) is 0 Å². The molecule has 0 aliphatic carbocycles. The summed E-state index contributed by atoms with van der Waals surface area (Å²) in [4.78, 5) is 2.44. The summed E-state index contributed by atoms with van der Waals surface area (Å²) < 4.78 is 0. The number of hydrogen-bond acceptors (Lipinski definition) is 1. The van der Waals surface area contributed by atoms with Gasteiger partial charge in [-0.15, -0.1) is 0 Å². The maximum absolute atomic E-state index is 2.44. The molecule has 1 nitrogen and oxygen atoms in total. The smallest absolute Gasteiger partial charge is 0.0366 e. The van der Waals surface area contributed by atoms with Crippen molar-refractivity contribution in [3.8, 4) is 0 Å². The number of rotatable bonds is 1. The van der Waals surface area contributed by atoms with E-state index >= 15 is 0 Å². The molecule has 0 spiro atoms. The van der Waals surface area contributed by atoms with E-state index in [1.54, 1.807) is 0 Å². The Morgan fingerprint density at radius 1 is 0.588 bits per heavy atom. The Morgan fingerprint density at radius 3 is 1.47 bits per heavy atom. The first-order valence-corrected chi connectivity index (χ1v) is 6.27. The van der Waals surface area contributed by atoms with E-state index < -0.39 is 0 Å². The number of anilines is 1. The lowest BCUT2D eigenvalue weighted by Crippen LogP contribution is -2.16. The molecule has 0 amide bonds. The first-order valence-electron chi connectivity index (χ1n) is 6.27. The molecule has 3 rings (SSSR count). The average molecular weight is 225 g/mol. The Kier molecular flexibility index (Phi) is 4.65. The fourth-order valence-electron chi connectivity index (χ4n) is 2.00. The summed E-state index contributed by atoms with van der Waals surface area (Å²) in [7, 11) is 0. The highest BCUT2D eigenvalue weighted by Gasteiger charge is 2.10. The van der Waals surface area contributed by atoms with Crippen molar-refractivity contribution in [2.24, 2.45) is 0 Å². The summed E-state index contributed by atoms with van der Waals surface area (Å²) in [6.07, 6.45) is 2.71. The molecule has 0 radical (unpaired) electrons. The molecular weight excluding hydrogens is 206 g/mol. The molecule has 88 valence electrons. The summed E-state index contributed by atoms with van der Waals surface area (Å²) >= 11 is 0. The molecule has 0 aromatic heterocycles. The second-order valence-electron chi connectivity index (χ2n) is 4.18. The predicted octanol–water partition coefficient (Wildman–Crippen LogP) is 3.97. The van der Waals surface area contributed by atoms with Gasteiger partial charge in [0.15, 0.2) is 0 Å². The molecular formula is C16H19N. The first kappa shape index (κ1) is 11.7. The number of nitrogens with zero attached hydrogens (tertiary/aromatic N) is 1. The van der Waals surface area contributed by atoms with Crippen LogP contribution in [0, 0.1) is 0 Å². The Morgan fingerprint density at radius 2 is 1.00 bits per heavy atom. The third-order valence-electron chi connectivity index (χ3n) is 2.89. The Balaban J connectivity index is 0.000000153. The average Bonchev–Trinajstić information content (AvgIpc) is 2.96. The lowest BCUT2D eigenvalue weighted by Gasteiger charge is -2.16. The van der Waals surface area contributed by atoms with Crippen molar-refractivity contribution in [1.29, 1.82) is 0 Å². The standard InChI is InChI=1S/C10H13N.C6H6/c1-2-6-10(7-3-1)11-8-4-5-9-11;1-2-4-6-5-3-1/h1-3,6-7H,4-5,8-9H2;1-6H. The molecule has 0 N–H and O–H groups in total. The molecule has 1 heteroatoms. The molecule has 1 aliphatic heterocycles. The predicted molar refractivity (Wildman–Crippen MR) is 74.3 cm³/mol. The Labute approximate surface area is 104 Å². The largest absolute Gasteiger partial charge is 0.372 e. The van der Waals surface area contributed by atoms with Gasteiger partial charge >= 0.3 is 0 Å². The lowest BCUT2D eigenvalue weighted by atomic mass is 10.3. The van der Waals surface area contributed by atoms with Crippen LogP contribution in [-0.4, -0.2) is 13.1 Å². The Bertz CT molecular complexity index is 364. The normalized spacial score (nSPS) is 14.0. The molecule has 2 aromatic rings. The second kappa shape index (κ2) is 6.74. The monoisotopic (exact) mass is 225 g/mol. The molecule has 0 saturated carbocycles. The lowest BCUT2D eigenvalue weighted by molar-refractivity contribution is 0.949. The minimum absolute atomic E-state index is 1.24. The van der Waals surface area contributed by atoms with Gasteiger partial charge in [0.05, 0.1) is 0 Å². The van der Waals surface area contributed by atoms with Gasteiger partial charge in [0, 0.05) is 18.8 Å². The minimum atomic E-state index is 1.24. The second-order valence-corrected chi connectivity index (χ2v) is 4.18. The summed E-state index contributed by atoms with van der Waals surface area (Å²) in [5.41, 5.74) is 1.38. The third-order valence-corrected chi connectivity index (χ3v) is 2.89. The van der Waals surface area contributed by atoms with Gasteiger partial charge in [-0.1, -0.05) is 54.6 Å². The highest BCUT2D eigenvalue weighted by molar-refractivity contribution is 5.46. The topological polar surface area (TPSA) is 3.24 Å². The molecule has 17 heavy (non-hydrogen) atoms. The molecule has 0 bridgehead atoms. The summed E-state index contributed by atoms with van der Waals surface area (Å²) in [5.74, 6) is 0. The Hall–Kier alpha value is -1.76. The van der Waals surface area contributed by atoms with Gasteiger partial charge in [0.1, 0.15) is 0 Å². The van der Waals surface area contributed by atoms with Crippen LogP contribution in [0.1, 0.15) is 12.8 Å². The zero-order chi connectivity index (χ0) is 11.8. The molecule has 0 atom stereocenters. The first-order chi connectivity index (χ1) is 8.47. The van der Waals surface area contributed by atoms with E-state index in [4.69, 9.17) is 0 Å². The van der Waals surface area contributed by atoms with Crippen molar-refractivity contribution in [2.75, 3.05) is 18.0 Å². The molecule has 0 unspecified atom stereocenters. The van der Waals surface area contributed by atoms with Crippen LogP contribution >= 0.6 is 0 Å². The van der Waals surface area contributed by atoms with Crippen molar-refractivity contribution in [3.05, 3.63) is 66.7 Å². The van der Waals surface area contributed by atoms with Gasteiger partial charge in [-0.2, -0.15) is 0 Å². The number of hydrogen-bond donors (Lipinski definition) is 0. The summed E-state index contributed by atoms with van der Waals surface area (Å²) in [5, 5.41) is 0. The maximum atomic E-state index is 2.44. The van der Waals surface area contributed by atoms with Gasteiger partial charge in [-0.05, 0) is 25.0 Å². The quantitative estimate of drug-likeness (QED) is 0.709. The summed E-state index contributed by atoms with van der Waals surface area (Å²) in [6, 6.07) is 22.7. The van der Waals surface area contributed by atoms with Gasteiger partial charge in [-0.3, -0.25) is 0 Å². The van der Waals surface area contributed by atoms with Gasteiger partial charge in [0.25, 0.3) is 0 Å². The van der Waals surface area contributed by atoms with E-state index in [2.05, 4.69) is 35.2 Å². The van der Waals surface area contributed by atoms with Crippen molar-refractivity contribution in [2.45, 2.75) is 12.8 Å². The van der Waals surface area contributed by atoms with E-state index in [0.29, 0.717) is 0 Å². The zero-order valence-electron chi connectivity index (χ0n) is 10.1. The van der Waals surface area contributed by atoms with E-state index in [-0.39, 0.29) is 0 Å².